The van der Waals surface area contributed by atoms with E-state index in [-0.39, 0.29) is 24.4 Å². The van der Waals surface area contributed by atoms with Gasteiger partial charge in [0.15, 0.2) is 9.84 Å². The predicted molar refractivity (Wildman–Crippen MR) is 205 cm³/mol. The van der Waals surface area contributed by atoms with Crippen LogP contribution in [0.4, 0.5) is 4.39 Å². The molecular weight excluding hydrogens is 754 g/mol. The Kier molecular flexibility index (Phi) is 11.3. The van der Waals surface area contributed by atoms with E-state index in [1.807, 2.05) is 17.0 Å². The molecule has 0 radical (unpaired) electrons. The van der Waals surface area contributed by atoms with Crippen molar-refractivity contribution in [2.75, 3.05) is 59.0 Å². The van der Waals surface area contributed by atoms with Crippen LogP contribution in [-0.4, -0.2) is 104 Å². The Labute approximate surface area is 323 Å². The van der Waals surface area contributed by atoms with Gasteiger partial charge in [0.2, 0.25) is 5.91 Å². The highest BCUT2D eigenvalue weighted by atomic mass is 35.5. The summed E-state index contributed by atoms with van der Waals surface area (Å²) in [6.07, 6.45) is 0.0301. The lowest BCUT2D eigenvalue weighted by Crippen LogP contribution is -2.53. The smallest absolute Gasteiger partial charge is 0.264 e. The number of ether oxygens (including phenoxy) is 1. The second-order valence-corrected chi connectivity index (χ2v) is 17.1. The number of hydrogen-bond donors (Lipinski definition) is 0. The van der Waals surface area contributed by atoms with Crippen LogP contribution in [0.5, 0.6) is 0 Å². The number of piperazine rings is 1. The maximum atomic E-state index is 15.2. The number of sulfone groups is 1. The Bertz CT molecular complexity index is 2190. The lowest BCUT2D eigenvalue weighted by Gasteiger charge is -2.36. The summed E-state index contributed by atoms with van der Waals surface area (Å²) in [5.41, 5.74) is 1.20. The molecule has 4 heterocycles. The first-order chi connectivity index (χ1) is 25.9. The average Bonchev–Trinajstić information content (AvgIpc) is 3.31. The van der Waals surface area contributed by atoms with Crippen LogP contribution in [0.1, 0.15) is 58.4 Å². The first-order valence-electron chi connectivity index (χ1n) is 18.1. The van der Waals surface area contributed by atoms with E-state index in [1.165, 1.54) is 24.3 Å². The summed E-state index contributed by atoms with van der Waals surface area (Å²) in [6, 6.07) is 21.7. The Morgan fingerprint density at radius 3 is 2.04 bits per heavy atom. The van der Waals surface area contributed by atoms with Crippen LogP contribution in [-0.2, 0) is 19.4 Å². The van der Waals surface area contributed by atoms with Gasteiger partial charge in [-0.3, -0.25) is 19.3 Å². The lowest BCUT2D eigenvalue weighted by atomic mass is 9.83. The number of rotatable bonds is 7. The molecule has 3 aliphatic heterocycles. The molecule has 14 heteroatoms. The first-order valence-corrected chi connectivity index (χ1v) is 20.4. The average molecular weight is 796 g/mol. The van der Waals surface area contributed by atoms with Crippen LogP contribution in [0.2, 0.25) is 10.0 Å². The third kappa shape index (κ3) is 7.59. The third-order valence-corrected chi connectivity index (χ3v) is 13.8. The highest BCUT2D eigenvalue weighted by Gasteiger charge is 2.45. The van der Waals surface area contributed by atoms with Crippen molar-refractivity contribution >= 4 is 44.9 Å². The number of aromatic nitrogens is 1. The van der Waals surface area contributed by atoms with Gasteiger partial charge in [-0.05, 0) is 66.1 Å². The standard InChI is InChI=1S/C40H41Cl2FN4O6S/c1-26-34-15-14-31(39(49)46-18-16-44(17-19-46)25-37(48)45-20-22-53-23-21-45)40(50)47(34)38(28-8-12-30(42)13-9-28)32(27-6-10-29(41)11-7-27)24-36(26)54(51,52)35-5-3-2-4-33(35)43/h2-15,26,32,36,38H,16-25H2,1H3/t26-,32-,36-,38+/m1/s1. The molecule has 0 unspecified atom stereocenters. The van der Waals surface area contributed by atoms with Crippen LogP contribution in [0.15, 0.2) is 94.6 Å². The van der Waals surface area contributed by atoms with Crippen molar-refractivity contribution in [2.24, 2.45) is 0 Å². The van der Waals surface area contributed by atoms with Gasteiger partial charge >= 0.3 is 0 Å². The van der Waals surface area contributed by atoms with E-state index >= 15 is 4.39 Å². The van der Waals surface area contributed by atoms with E-state index in [2.05, 4.69) is 0 Å². The Balaban J connectivity index is 1.29. The van der Waals surface area contributed by atoms with E-state index < -0.39 is 55.1 Å². The fourth-order valence-electron chi connectivity index (χ4n) is 8.03. The summed E-state index contributed by atoms with van der Waals surface area (Å²) in [4.78, 5) is 47.0. The molecule has 4 atom stereocenters. The van der Waals surface area contributed by atoms with Crippen LogP contribution in [0.25, 0.3) is 0 Å². The van der Waals surface area contributed by atoms with Crippen molar-refractivity contribution in [2.45, 2.75) is 41.4 Å². The summed E-state index contributed by atoms with van der Waals surface area (Å²) < 4.78 is 51.1. The van der Waals surface area contributed by atoms with Gasteiger partial charge in [-0.1, -0.05) is 66.5 Å². The molecule has 2 amide bonds. The zero-order valence-electron chi connectivity index (χ0n) is 29.7. The number of carbonyl (C=O) groups excluding carboxylic acids is 2. The zero-order chi connectivity index (χ0) is 38.1. The highest BCUT2D eigenvalue weighted by Crippen LogP contribution is 2.47. The van der Waals surface area contributed by atoms with Crippen LogP contribution >= 0.6 is 23.2 Å². The molecular formula is C40H41Cl2FN4O6S. The third-order valence-electron chi connectivity index (χ3n) is 11.0. The number of morpholine rings is 1. The van der Waals surface area contributed by atoms with Gasteiger partial charge in [0.05, 0.1) is 31.1 Å². The molecule has 7 rings (SSSR count). The van der Waals surface area contributed by atoms with E-state index in [9.17, 15) is 22.8 Å². The summed E-state index contributed by atoms with van der Waals surface area (Å²) in [5, 5.41) is -0.186. The van der Waals surface area contributed by atoms with E-state index in [1.54, 1.807) is 63.8 Å². The fourth-order valence-corrected chi connectivity index (χ4v) is 10.4. The van der Waals surface area contributed by atoms with Crippen LogP contribution < -0.4 is 5.56 Å². The quantitative estimate of drug-likeness (QED) is 0.239. The maximum Gasteiger partial charge on any atom is 0.264 e. The Morgan fingerprint density at radius 1 is 0.796 bits per heavy atom. The number of fused-ring (bicyclic) bond motifs is 1. The number of nitrogens with zero attached hydrogens (tertiary/aromatic N) is 4. The minimum absolute atomic E-state index is 0.0231. The number of halogens is 3. The molecule has 4 aromatic rings. The predicted octanol–water partition coefficient (Wildman–Crippen LogP) is 5.63. The molecule has 10 nitrogen and oxygen atoms in total. The van der Waals surface area contributed by atoms with Crippen LogP contribution in [0, 0.1) is 5.82 Å². The maximum absolute atomic E-state index is 15.2. The van der Waals surface area contributed by atoms with E-state index in [0.29, 0.717) is 73.8 Å². The molecule has 284 valence electrons. The number of hydrogen-bond acceptors (Lipinski definition) is 7. The summed E-state index contributed by atoms with van der Waals surface area (Å²) in [5.74, 6) is -2.69. The van der Waals surface area contributed by atoms with Gasteiger partial charge in [-0.25, -0.2) is 12.8 Å². The lowest BCUT2D eigenvalue weighted by molar-refractivity contribution is -0.136. The van der Waals surface area contributed by atoms with Crippen molar-refractivity contribution in [3.63, 3.8) is 0 Å². The van der Waals surface area contributed by atoms with Crippen molar-refractivity contribution in [3.05, 3.63) is 134 Å². The van der Waals surface area contributed by atoms with Gasteiger partial charge in [-0.2, -0.15) is 0 Å². The number of benzene rings is 3. The van der Waals surface area contributed by atoms with Gasteiger partial charge < -0.3 is 19.1 Å². The topological polar surface area (TPSA) is 109 Å². The summed E-state index contributed by atoms with van der Waals surface area (Å²) in [7, 11) is -4.30. The Hall–Kier alpha value is -4.07. The van der Waals surface area contributed by atoms with E-state index in [4.69, 9.17) is 27.9 Å². The van der Waals surface area contributed by atoms with Crippen molar-refractivity contribution < 1.29 is 27.1 Å². The molecule has 2 fully saturated rings. The molecule has 1 aromatic heterocycles. The highest BCUT2D eigenvalue weighted by molar-refractivity contribution is 7.92. The first kappa shape index (κ1) is 38.2. The summed E-state index contributed by atoms with van der Waals surface area (Å²) >= 11 is 12.6. The van der Waals surface area contributed by atoms with Crippen molar-refractivity contribution in [3.8, 4) is 0 Å². The zero-order valence-corrected chi connectivity index (χ0v) is 32.1. The second-order valence-electron chi connectivity index (χ2n) is 14.1. The molecule has 0 saturated carbocycles. The normalized spacial score (nSPS) is 22.4. The molecule has 0 N–H and O–H groups in total. The van der Waals surface area contributed by atoms with Gasteiger partial charge in [0, 0.05) is 66.8 Å². The minimum Gasteiger partial charge on any atom is -0.378 e. The monoisotopic (exact) mass is 794 g/mol. The molecule has 0 spiro atoms. The number of pyridine rings is 1. The molecule has 0 aliphatic carbocycles. The number of carbonyl (C=O) groups is 2. The van der Waals surface area contributed by atoms with Crippen molar-refractivity contribution in [1.29, 1.82) is 0 Å². The van der Waals surface area contributed by atoms with Gasteiger partial charge in [-0.15, -0.1) is 0 Å². The largest absolute Gasteiger partial charge is 0.378 e. The fraction of sp³-hybridized carbons (Fsp3) is 0.375. The molecule has 3 aliphatic rings. The molecule has 54 heavy (non-hydrogen) atoms. The Morgan fingerprint density at radius 2 is 1.41 bits per heavy atom. The van der Waals surface area contributed by atoms with E-state index in [0.717, 1.165) is 11.6 Å². The molecule has 0 bridgehead atoms. The van der Waals surface area contributed by atoms with Crippen LogP contribution in [0.3, 0.4) is 0 Å². The molecule has 2 saturated heterocycles. The van der Waals surface area contributed by atoms with Gasteiger partial charge in [0.25, 0.3) is 11.5 Å². The summed E-state index contributed by atoms with van der Waals surface area (Å²) in [6.45, 7) is 5.71. The molecule has 3 aromatic carbocycles. The number of amides is 2. The second kappa shape index (κ2) is 16.0. The van der Waals surface area contributed by atoms with Gasteiger partial charge in [0.1, 0.15) is 16.3 Å². The van der Waals surface area contributed by atoms with Crippen molar-refractivity contribution in [1.82, 2.24) is 19.3 Å². The minimum atomic E-state index is -4.30. The SMILES string of the molecule is C[C@@H]1c2ccc(C(=O)N3CCN(CC(=O)N4CCOCC4)CC3)c(=O)n2[C@@H](c2ccc(Cl)cc2)[C@@H](c2ccc(Cl)cc2)C[C@H]1S(=O)(=O)c1ccccc1F.